The molecule has 0 unspecified atom stereocenters. The van der Waals surface area contributed by atoms with Gasteiger partial charge in [-0.25, -0.2) is 0 Å². The summed E-state index contributed by atoms with van der Waals surface area (Å²) in [5.41, 5.74) is 0.938. The SMILES string of the molecule is CC(C)c1cc(CSC(=O)N(C(C)C)C(C)C)on1. The first-order chi connectivity index (χ1) is 8.82. The third kappa shape index (κ3) is 4.56. The smallest absolute Gasteiger partial charge is 0.282 e. The van der Waals surface area contributed by atoms with Gasteiger partial charge in [0.15, 0.2) is 0 Å². The topological polar surface area (TPSA) is 46.3 Å². The van der Waals surface area contributed by atoms with E-state index in [0.29, 0.717) is 11.7 Å². The van der Waals surface area contributed by atoms with Crippen LogP contribution in [0.4, 0.5) is 4.79 Å². The fourth-order valence-corrected chi connectivity index (χ4v) is 2.87. The van der Waals surface area contributed by atoms with Crippen LogP contribution < -0.4 is 0 Å². The molecule has 0 saturated heterocycles. The summed E-state index contributed by atoms with van der Waals surface area (Å²) < 4.78 is 5.24. The third-order valence-electron chi connectivity index (χ3n) is 2.83. The van der Waals surface area contributed by atoms with E-state index < -0.39 is 0 Å². The zero-order valence-corrected chi connectivity index (χ0v) is 13.5. The second kappa shape index (κ2) is 6.98. The van der Waals surface area contributed by atoms with Crippen molar-refractivity contribution in [1.29, 1.82) is 0 Å². The van der Waals surface area contributed by atoms with Crippen molar-refractivity contribution < 1.29 is 9.32 Å². The van der Waals surface area contributed by atoms with Crippen molar-refractivity contribution in [2.24, 2.45) is 0 Å². The molecule has 0 aliphatic heterocycles. The maximum absolute atomic E-state index is 12.2. The quantitative estimate of drug-likeness (QED) is 0.810. The van der Waals surface area contributed by atoms with Gasteiger partial charge in [0.25, 0.3) is 5.24 Å². The normalized spacial score (nSPS) is 11.6. The molecule has 1 heterocycles. The number of hydrogen-bond acceptors (Lipinski definition) is 4. The lowest BCUT2D eigenvalue weighted by molar-refractivity contribution is 0.190. The number of rotatable bonds is 5. The minimum Gasteiger partial charge on any atom is -0.360 e. The van der Waals surface area contributed by atoms with Crippen LogP contribution in [0.3, 0.4) is 0 Å². The summed E-state index contributed by atoms with van der Waals surface area (Å²) in [6.07, 6.45) is 0. The molecule has 19 heavy (non-hydrogen) atoms. The Bertz CT molecular complexity index is 405. The van der Waals surface area contributed by atoms with Crippen molar-refractivity contribution in [3.8, 4) is 0 Å². The first kappa shape index (κ1) is 16.1. The molecule has 1 rings (SSSR count). The van der Waals surface area contributed by atoms with Gasteiger partial charge in [0.1, 0.15) is 5.76 Å². The van der Waals surface area contributed by atoms with Crippen molar-refractivity contribution in [3.05, 3.63) is 17.5 Å². The van der Waals surface area contributed by atoms with Crippen molar-refractivity contribution >= 4 is 17.0 Å². The molecule has 0 atom stereocenters. The summed E-state index contributed by atoms with van der Waals surface area (Å²) in [5, 5.41) is 4.09. The molecule has 0 saturated carbocycles. The highest BCUT2D eigenvalue weighted by Crippen LogP contribution is 2.22. The lowest BCUT2D eigenvalue weighted by Crippen LogP contribution is -2.39. The average molecular weight is 284 g/mol. The molecule has 0 aromatic carbocycles. The second-order valence-corrected chi connectivity index (χ2v) is 6.45. The summed E-state index contributed by atoms with van der Waals surface area (Å²) in [7, 11) is 0. The second-order valence-electron chi connectivity index (χ2n) is 5.52. The predicted octanol–water partition coefficient (Wildman–Crippen LogP) is 4.27. The van der Waals surface area contributed by atoms with E-state index in [1.807, 2.05) is 38.7 Å². The van der Waals surface area contributed by atoms with Crippen LogP contribution in [0.5, 0.6) is 0 Å². The Balaban J connectivity index is 2.57. The predicted molar refractivity (Wildman–Crippen MR) is 79.4 cm³/mol. The Labute approximate surface area is 119 Å². The average Bonchev–Trinajstić information content (AvgIpc) is 2.73. The van der Waals surface area contributed by atoms with Gasteiger partial charge in [-0.2, -0.15) is 0 Å². The first-order valence-electron chi connectivity index (χ1n) is 6.73. The van der Waals surface area contributed by atoms with Gasteiger partial charge in [-0.1, -0.05) is 30.8 Å². The molecule has 0 bridgehead atoms. The van der Waals surface area contributed by atoms with Gasteiger partial charge in [0.05, 0.1) is 11.4 Å². The zero-order valence-electron chi connectivity index (χ0n) is 12.6. The van der Waals surface area contributed by atoms with Crippen LogP contribution in [0.15, 0.2) is 10.6 Å². The number of aromatic nitrogens is 1. The Hall–Kier alpha value is -0.970. The highest BCUT2D eigenvalue weighted by atomic mass is 32.2. The maximum atomic E-state index is 12.2. The molecule has 0 radical (unpaired) electrons. The Kier molecular flexibility index (Phi) is 5.91. The maximum Gasteiger partial charge on any atom is 0.282 e. The molecule has 0 aliphatic rings. The molecule has 1 aromatic rings. The summed E-state index contributed by atoms with van der Waals surface area (Å²) >= 11 is 1.27. The summed E-state index contributed by atoms with van der Waals surface area (Å²) in [6, 6.07) is 2.35. The van der Waals surface area contributed by atoms with Gasteiger partial charge in [0.2, 0.25) is 0 Å². The van der Waals surface area contributed by atoms with E-state index in [1.54, 1.807) is 0 Å². The molecule has 0 aliphatic carbocycles. The van der Waals surface area contributed by atoms with E-state index in [-0.39, 0.29) is 17.3 Å². The lowest BCUT2D eigenvalue weighted by atomic mass is 10.1. The Morgan fingerprint density at radius 2 is 1.84 bits per heavy atom. The van der Waals surface area contributed by atoms with E-state index in [1.165, 1.54) is 11.8 Å². The van der Waals surface area contributed by atoms with Crippen LogP contribution in [-0.4, -0.2) is 27.4 Å². The molecule has 0 N–H and O–H groups in total. The van der Waals surface area contributed by atoms with E-state index in [2.05, 4.69) is 19.0 Å². The van der Waals surface area contributed by atoms with E-state index >= 15 is 0 Å². The molecule has 0 spiro atoms. The van der Waals surface area contributed by atoms with Crippen LogP contribution in [0, 0.1) is 0 Å². The first-order valence-corrected chi connectivity index (χ1v) is 7.72. The van der Waals surface area contributed by atoms with E-state index in [0.717, 1.165) is 11.5 Å². The number of carbonyl (C=O) groups excluding carboxylic acids is 1. The van der Waals surface area contributed by atoms with Gasteiger partial charge in [-0.15, -0.1) is 0 Å². The monoisotopic (exact) mass is 284 g/mol. The number of carbonyl (C=O) groups is 1. The summed E-state index contributed by atoms with van der Waals surface area (Å²) in [4.78, 5) is 14.0. The minimum absolute atomic E-state index is 0.0903. The Morgan fingerprint density at radius 1 is 1.26 bits per heavy atom. The molecular weight excluding hydrogens is 260 g/mol. The molecule has 5 heteroatoms. The van der Waals surface area contributed by atoms with Crippen LogP contribution in [0.2, 0.25) is 0 Å². The third-order valence-corrected chi connectivity index (χ3v) is 3.72. The highest BCUT2D eigenvalue weighted by molar-refractivity contribution is 8.12. The van der Waals surface area contributed by atoms with Crippen LogP contribution >= 0.6 is 11.8 Å². The standard InChI is InChI=1S/C14H24N2O2S/c1-9(2)13-7-12(18-15-13)8-19-14(17)16(10(3)4)11(5)6/h7,9-11H,8H2,1-6H3. The van der Waals surface area contributed by atoms with E-state index in [9.17, 15) is 4.79 Å². The molecular formula is C14H24N2O2S. The minimum atomic E-state index is 0.0903. The highest BCUT2D eigenvalue weighted by Gasteiger charge is 2.21. The van der Waals surface area contributed by atoms with Gasteiger partial charge in [0, 0.05) is 18.2 Å². The van der Waals surface area contributed by atoms with Crippen molar-refractivity contribution in [2.45, 2.75) is 65.3 Å². The summed E-state index contributed by atoms with van der Waals surface area (Å²) in [6.45, 7) is 12.3. The van der Waals surface area contributed by atoms with Crippen molar-refractivity contribution in [2.75, 3.05) is 0 Å². The molecule has 1 aromatic heterocycles. The van der Waals surface area contributed by atoms with Crippen LogP contribution in [0.25, 0.3) is 0 Å². The van der Waals surface area contributed by atoms with Gasteiger partial charge in [-0.05, 0) is 33.6 Å². The lowest BCUT2D eigenvalue weighted by Gasteiger charge is -2.30. The van der Waals surface area contributed by atoms with Crippen LogP contribution in [-0.2, 0) is 5.75 Å². The Morgan fingerprint density at radius 3 is 2.26 bits per heavy atom. The largest absolute Gasteiger partial charge is 0.360 e. The molecule has 108 valence electrons. The van der Waals surface area contributed by atoms with Crippen molar-refractivity contribution in [1.82, 2.24) is 10.1 Å². The zero-order chi connectivity index (χ0) is 14.6. The van der Waals surface area contributed by atoms with Gasteiger partial charge in [-0.3, -0.25) is 4.79 Å². The number of thioether (sulfide) groups is 1. The van der Waals surface area contributed by atoms with Gasteiger partial charge >= 0.3 is 0 Å². The fraction of sp³-hybridized carbons (Fsp3) is 0.714. The number of nitrogens with zero attached hydrogens (tertiary/aromatic N) is 2. The molecule has 1 amide bonds. The van der Waals surface area contributed by atoms with Crippen molar-refractivity contribution in [3.63, 3.8) is 0 Å². The van der Waals surface area contributed by atoms with Gasteiger partial charge < -0.3 is 9.42 Å². The van der Waals surface area contributed by atoms with Crippen LogP contribution in [0.1, 0.15) is 58.9 Å². The fourth-order valence-electron chi connectivity index (χ4n) is 1.89. The molecule has 0 fully saturated rings. The number of amides is 1. The molecule has 4 nitrogen and oxygen atoms in total. The van der Waals surface area contributed by atoms with E-state index in [4.69, 9.17) is 4.52 Å². The number of hydrogen-bond donors (Lipinski definition) is 0. The summed E-state index contributed by atoms with van der Waals surface area (Å²) in [5.74, 6) is 1.64.